The number of anilines is 1. The highest BCUT2D eigenvalue weighted by molar-refractivity contribution is 5.60. The summed E-state index contributed by atoms with van der Waals surface area (Å²) in [5.41, 5.74) is 14.7. The molecule has 3 rings (SSSR count). The number of pyridine rings is 1. The minimum atomic E-state index is -0.418. The molecular weight excluding hydrogens is 266 g/mol. The number of nitrogens with two attached hydrogens (primary N) is 2. The maximum Gasteiger partial charge on any atom is 0.256 e. The quantitative estimate of drug-likeness (QED) is 0.782. The SMILES string of the molecule is Cc1ccc(O)c(C)c1-n1c(N)c(C2(N)CC2)ccc1=O. The van der Waals surface area contributed by atoms with Gasteiger partial charge in [0.15, 0.2) is 0 Å². The number of aromatic nitrogens is 1. The van der Waals surface area contributed by atoms with Crippen molar-refractivity contribution in [2.24, 2.45) is 5.73 Å². The zero-order chi connectivity index (χ0) is 15.4. The second kappa shape index (κ2) is 4.36. The van der Waals surface area contributed by atoms with Crippen LogP contribution in [0.4, 0.5) is 5.82 Å². The van der Waals surface area contributed by atoms with Gasteiger partial charge in [0.1, 0.15) is 11.6 Å². The summed E-state index contributed by atoms with van der Waals surface area (Å²) < 4.78 is 1.45. The lowest BCUT2D eigenvalue weighted by Crippen LogP contribution is -2.28. The number of nitrogens with zero attached hydrogens (tertiary/aromatic N) is 1. The smallest absolute Gasteiger partial charge is 0.256 e. The van der Waals surface area contributed by atoms with E-state index in [4.69, 9.17) is 11.5 Å². The molecule has 1 aromatic carbocycles. The molecule has 1 fully saturated rings. The molecule has 0 aliphatic heterocycles. The molecule has 1 aliphatic carbocycles. The van der Waals surface area contributed by atoms with Crippen molar-refractivity contribution in [1.29, 1.82) is 0 Å². The van der Waals surface area contributed by atoms with Crippen LogP contribution in [0.2, 0.25) is 0 Å². The van der Waals surface area contributed by atoms with E-state index in [-0.39, 0.29) is 11.3 Å². The first-order valence-corrected chi connectivity index (χ1v) is 6.95. The van der Waals surface area contributed by atoms with Crippen molar-refractivity contribution in [2.75, 3.05) is 5.73 Å². The van der Waals surface area contributed by atoms with Crippen LogP contribution in [0.3, 0.4) is 0 Å². The zero-order valence-electron chi connectivity index (χ0n) is 12.2. The van der Waals surface area contributed by atoms with Gasteiger partial charge in [-0.05, 0) is 44.4 Å². The third-order valence-corrected chi connectivity index (χ3v) is 4.28. The van der Waals surface area contributed by atoms with E-state index in [2.05, 4.69) is 0 Å². The molecule has 0 radical (unpaired) electrons. The Kier molecular flexibility index (Phi) is 2.85. The molecule has 0 unspecified atom stereocenters. The zero-order valence-corrected chi connectivity index (χ0v) is 12.2. The van der Waals surface area contributed by atoms with Crippen LogP contribution in [0.15, 0.2) is 29.1 Å². The minimum absolute atomic E-state index is 0.140. The van der Waals surface area contributed by atoms with E-state index in [1.807, 2.05) is 6.92 Å². The van der Waals surface area contributed by atoms with Crippen LogP contribution in [0.1, 0.15) is 29.5 Å². The lowest BCUT2D eigenvalue weighted by atomic mass is 10.0. The molecule has 1 saturated carbocycles. The molecule has 0 bridgehead atoms. The summed E-state index contributed by atoms with van der Waals surface area (Å²) in [7, 11) is 0. The van der Waals surface area contributed by atoms with E-state index in [0.717, 1.165) is 24.0 Å². The van der Waals surface area contributed by atoms with Gasteiger partial charge in [0, 0.05) is 22.7 Å². The molecule has 1 heterocycles. The molecule has 110 valence electrons. The van der Waals surface area contributed by atoms with E-state index >= 15 is 0 Å². The predicted octanol–water partition coefficient (Wildman–Crippen LogP) is 1.69. The van der Waals surface area contributed by atoms with Gasteiger partial charge in [0.05, 0.1) is 5.69 Å². The number of hydrogen-bond donors (Lipinski definition) is 3. The second-order valence-corrected chi connectivity index (χ2v) is 5.84. The lowest BCUT2D eigenvalue weighted by molar-refractivity contribution is 0.470. The van der Waals surface area contributed by atoms with Crippen LogP contribution < -0.4 is 17.0 Å². The summed E-state index contributed by atoms with van der Waals surface area (Å²) in [4.78, 5) is 12.3. The summed E-state index contributed by atoms with van der Waals surface area (Å²) in [5.74, 6) is 0.500. The molecule has 5 nitrogen and oxygen atoms in total. The number of benzene rings is 1. The first-order chi connectivity index (χ1) is 9.85. The Morgan fingerprint density at radius 1 is 1.19 bits per heavy atom. The fraction of sp³-hybridized carbons (Fsp3) is 0.312. The van der Waals surface area contributed by atoms with Gasteiger partial charge >= 0.3 is 0 Å². The van der Waals surface area contributed by atoms with Gasteiger partial charge in [-0.25, -0.2) is 0 Å². The average Bonchev–Trinajstić information content (AvgIpc) is 3.16. The molecule has 1 aliphatic rings. The Hall–Kier alpha value is -2.27. The molecular formula is C16H19N3O2. The van der Waals surface area contributed by atoms with Gasteiger partial charge in [-0.3, -0.25) is 9.36 Å². The van der Waals surface area contributed by atoms with E-state index < -0.39 is 5.54 Å². The highest BCUT2D eigenvalue weighted by Crippen LogP contribution is 2.45. The van der Waals surface area contributed by atoms with E-state index in [1.54, 1.807) is 25.1 Å². The van der Waals surface area contributed by atoms with Crippen LogP contribution in [0.5, 0.6) is 5.75 Å². The molecule has 5 heteroatoms. The van der Waals surface area contributed by atoms with Crippen molar-refractivity contribution in [3.05, 3.63) is 51.3 Å². The molecule has 0 amide bonds. The van der Waals surface area contributed by atoms with Crippen LogP contribution in [0, 0.1) is 13.8 Å². The van der Waals surface area contributed by atoms with Gasteiger partial charge in [0.25, 0.3) is 5.56 Å². The molecule has 0 saturated heterocycles. The Morgan fingerprint density at radius 2 is 1.86 bits per heavy atom. The molecule has 5 N–H and O–H groups in total. The molecule has 0 spiro atoms. The number of rotatable bonds is 2. The van der Waals surface area contributed by atoms with Crippen LogP contribution >= 0.6 is 0 Å². The molecule has 0 atom stereocenters. The number of nitrogen functional groups attached to an aromatic ring is 1. The Balaban J connectivity index is 2.34. The van der Waals surface area contributed by atoms with Gasteiger partial charge < -0.3 is 16.6 Å². The van der Waals surface area contributed by atoms with E-state index in [9.17, 15) is 9.90 Å². The maximum atomic E-state index is 12.3. The van der Waals surface area contributed by atoms with E-state index in [1.165, 1.54) is 10.6 Å². The number of aromatic hydroxyl groups is 1. The van der Waals surface area contributed by atoms with Crippen molar-refractivity contribution in [3.63, 3.8) is 0 Å². The standard InChI is InChI=1S/C16H19N3O2/c1-9-3-5-12(20)10(2)14(9)19-13(21)6-4-11(15(19)17)16(18)7-8-16/h3-6,20H,7-8,17-18H2,1-2H3. The fourth-order valence-electron chi connectivity index (χ4n) is 2.78. The second-order valence-electron chi connectivity index (χ2n) is 5.84. The molecule has 21 heavy (non-hydrogen) atoms. The summed E-state index contributed by atoms with van der Waals surface area (Å²) in [6.07, 6.45) is 1.74. The third kappa shape index (κ3) is 2.01. The summed E-state index contributed by atoms with van der Waals surface area (Å²) >= 11 is 0. The largest absolute Gasteiger partial charge is 0.508 e. The van der Waals surface area contributed by atoms with E-state index in [0.29, 0.717) is 17.1 Å². The number of phenols is 1. The maximum absolute atomic E-state index is 12.3. The summed E-state index contributed by atoms with van der Waals surface area (Å²) in [5, 5.41) is 9.93. The van der Waals surface area contributed by atoms with Crippen molar-refractivity contribution in [3.8, 4) is 11.4 Å². The monoisotopic (exact) mass is 285 g/mol. The summed E-state index contributed by atoms with van der Waals surface area (Å²) in [6, 6.07) is 6.59. The Bertz CT molecular complexity index is 789. The number of aryl methyl sites for hydroxylation is 1. The van der Waals surface area contributed by atoms with Crippen molar-refractivity contribution < 1.29 is 5.11 Å². The molecule has 2 aromatic rings. The topological polar surface area (TPSA) is 94.3 Å². The minimum Gasteiger partial charge on any atom is -0.508 e. The normalized spacial score (nSPS) is 16.0. The molecule has 1 aromatic heterocycles. The van der Waals surface area contributed by atoms with Crippen LogP contribution in [0.25, 0.3) is 5.69 Å². The van der Waals surface area contributed by atoms with Gasteiger partial charge in [-0.1, -0.05) is 6.07 Å². The average molecular weight is 285 g/mol. The van der Waals surface area contributed by atoms with Crippen LogP contribution in [-0.4, -0.2) is 9.67 Å². The highest BCUT2D eigenvalue weighted by Gasteiger charge is 2.42. The van der Waals surface area contributed by atoms with Crippen molar-refractivity contribution >= 4 is 5.82 Å². The van der Waals surface area contributed by atoms with Crippen molar-refractivity contribution in [2.45, 2.75) is 32.2 Å². The Labute approximate surface area is 122 Å². The Morgan fingerprint density at radius 3 is 2.48 bits per heavy atom. The number of hydrogen-bond acceptors (Lipinski definition) is 4. The summed E-state index contributed by atoms with van der Waals surface area (Å²) in [6.45, 7) is 3.65. The predicted molar refractivity (Wildman–Crippen MR) is 82.7 cm³/mol. The lowest BCUT2D eigenvalue weighted by Gasteiger charge is -2.20. The van der Waals surface area contributed by atoms with Gasteiger partial charge in [-0.15, -0.1) is 0 Å². The van der Waals surface area contributed by atoms with Gasteiger partial charge in [0.2, 0.25) is 0 Å². The first kappa shape index (κ1) is 13.7. The van der Waals surface area contributed by atoms with Crippen molar-refractivity contribution in [1.82, 2.24) is 4.57 Å². The first-order valence-electron chi connectivity index (χ1n) is 6.95. The highest BCUT2D eigenvalue weighted by atomic mass is 16.3. The van der Waals surface area contributed by atoms with Gasteiger partial charge in [-0.2, -0.15) is 0 Å². The number of phenolic OH excluding ortho intramolecular Hbond substituents is 1. The third-order valence-electron chi connectivity index (χ3n) is 4.28. The van der Waals surface area contributed by atoms with Crippen LogP contribution in [-0.2, 0) is 5.54 Å². The fourth-order valence-corrected chi connectivity index (χ4v) is 2.78.